The van der Waals surface area contributed by atoms with Crippen LogP contribution < -0.4 is 80.6 Å². The van der Waals surface area contributed by atoms with Gasteiger partial charge in [0.05, 0.1) is 32.4 Å². The zero-order valence-electron chi connectivity index (χ0n) is 64.6. The number of carboxylic acids is 2. The minimum atomic E-state index is -1.93. The van der Waals surface area contributed by atoms with Crippen LogP contribution in [-0.4, -0.2) is 303 Å². The van der Waals surface area contributed by atoms with Crippen LogP contribution in [0.15, 0.2) is 25.0 Å². The summed E-state index contributed by atoms with van der Waals surface area (Å²) in [7, 11) is 3.21. The maximum atomic E-state index is 15.0. The first kappa shape index (κ1) is 95.0. The molecule has 2 bridgehead atoms. The number of hydrogen-bond donors (Lipinski definition) is 21. The van der Waals surface area contributed by atoms with E-state index < -0.39 is 259 Å². The van der Waals surface area contributed by atoms with E-state index in [1.807, 2.05) is 0 Å². The molecule has 0 spiro atoms. The first-order valence-corrected chi connectivity index (χ1v) is 42.7. The van der Waals surface area contributed by atoms with Gasteiger partial charge in [0.2, 0.25) is 94.5 Å². The van der Waals surface area contributed by atoms with Crippen LogP contribution in [-0.2, 0) is 99.1 Å². The Kier molecular flexibility index (Phi) is 38.8. The summed E-state index contributed by atoms with van der Waals surface area (Å²) in [5.41, 5.74) is 12.1. The number of fused-ring (bicyclic) bond motifs is 10. The van der Waals surface area contributed by atoms with Crippen LogP contribution in [0.5, 0.6) is 0 Å². The second-order valence-electron chi connectivity index (χ2n) is 28.8. The maximum Gasteiger partial charge on any atom is 0.303 e. The van der Waals surface area contributed by atoms with Crippen molar-refractivity contribution >= 4 is 150 Å². The average molecular weight is 1710 g/mol. The lowest BCUT2D eigenvalue weighted by Crippen LogP contribution is -2.62. The van der Waals surface area contributed by atoms with Gasteiger partial charge in [0.25, 0.3) is 0 Å². The highest BCUT2D eigenvalue weighted by atomic mass is 33.1. The van der Waals surface area contributed by atoms with Crippen LogP contribution in [0.3, 0.4) is 0 Å². The fourth-order valence-corrected chi connectivity index (χ4v) is 17.4. The summed E-state index contributed by atoms with van der Waals surface area (Å²) in [4.78, 5) is 270. The van der Waals surface area contributed by atoms with Crippen LogP contribution in [0.4, 0.5) is 0 Å². The molecule has 0 unspecified atom stereocenters. The molecule has 15 atom stereocenters. The molecule has 0 aliphatic carbocycles. The zero-order valence-corrected chi connectivity index (χ0v) is 67.9. The number of nitrogens with two attached hydrogens (primary N) is 2. The van der Waals surface area contributed by atoms with Gasteiger partial charge in [-0.2, -0.15) is 0 Å². The summed E-state index contributed by atoms with van der Waals surface area (Å²) in [6, 6.07) is -24.1. The Balaban J connectivity index is 1.46. The fraction of sp³-hybridized carbons (Fsp3) is 0.652. The first-order valence-electron chi connectivity index (χ1n) is 37.8. The Morgan fingerprint density at radius 1 is 0.500 bits per heavy atom. The number of aliphatic carboxylic acids is 2. The lowest BCUT2D eigenvalue weighted by Gasteiger charge is -2.31. The van der Waals surface area contributed by atoms with Crippen LogP contribution >= 0.6 is 43.2 Å². The van der Waals surface area contributed by atoms with E-state index in [4.69, 9.17) is 11.5 Å². The second kappa shape index (κ2) is 47.4. The van der Waals surface area contributed by atoms with Crippen molar-refractivity contribution in [3.05, 3.63) is 36.4 Å². The third-order valence-electron chi connectivity index (χ3n) is 19.0. The van der Waals surface area contributed by atoms with Gasteiger partial charge in [-0.15, -0.1) is 0 Å². The van der Waals surface area contributed by atoms with Gasteiger partial charge in [-0.25, -0.2) is 9.97 Å². The molecular weight excluding hydrogens is 1600 g/mol. The number of carbonyl (C=O) groups excluding carboxylic acids is 16. The quantitative estimate of drug-likeness (QED) is 0.0408. The predicted octanol–water partition coefficient (Wildman–Crippen LogP) is -6.96. The van der Waals surface area contributed by atoms with Gasteiger partial charge >= 0.3 is 11.9 Å². The number of aromatic nitrogens is 4. The molecule has 2 aromatic rings. The first-order chi connectivity index (χ1) is 55.1. The summed E-state index contributed by atoms with van der Waals surface area (Å²) in [6.07, 6.45) is 3.73. The highest BCUT2D eigenvalue weighted by Gasteiger charge is 2.44. The lowest BCUT2D eigenvalue weighted by molar-refractivity contribution is -0.143. The van der Waals surface area contributed by atoms with Crippen molar-refractivity contribution in [2.75, 3.05) is 55.9 Å². The Labute approximate surface area is 682 Å². The molecule has 6 heterocycles. The van der Waals surface area contributed by atoms with Crippen LogP contribution in [0.2, 0.25) is 0 Å². The monoisotopic (exact) mass is 1710 g/mol. The Hall–Kier alpha value is -9.84. The normalized spacial score (nSPS) is 27.4. The minimum absolute atomic E-state index is 0.0225. The molecule has 4 aliphatic heterocycles. The van der Waals surface area contributed by atoms with E-state index in [2.05, 4.69) is 89.1 Å². The van der Waals surface area contributed by atoms with Gasteiger partial charge < -0.3 is 121 Å². The number of hydrogen-bond acceptors (Lipinski definition) is 27. The predicted molar refractivity (Wildman–Crippen MR) is 419 cm³/mol. The van der Waals surface area contributed by atoms with Crippen molar-refractivity contribution in [3.63, 3.8) is 0 Å². The molecule has 4 saturated heterocycles. The highest BCUT2D eigenvalue weighted by Crippen LogP contribution is 2.27. The molecule has 6 rings (SSSR count). The van der Waals surface area contributed by atoms with Crippen LogP contribution in [0, 0.1) is 11.8 Å². The topological polar surface area (TPSA) is 660 Å². The van der Waals surface area contributed by atoms with E-state index >= 15 is 4.79 Å². The van der Waals surface area contributed by atoms with E-state index in [0.717, 1.165) is 53.0 Å². The average Bonchev–Trinajstić information content (AvgIpc) is 1.65. The number of nitrogens with one attached hydrogen (secondary N) is 15. The molecule has 0 aromatic carbocycles. The SMILES string of the molecule is CC(C)C[C@@H]1NC(=O)[C@H](CCC(=O)O)NC(=O)[C@@H]2CCCN2C(=O)[C@H](Cc2cnc[nH]2)NC(=O)[C@H](CCCCCC(=O)O)NC(=O)[C@H](C(C)C)NC(=O)[C@H](CO)NC(=O)[C@@H]2CSSC[C@H](NC(=O)CN)C(=O)N[C@@H](CSSC[C@@H](C(N)=O)NC1=O)C(=O)N[C@@H](CO)C(=O)N[C@@H](Cc1cnc[nH]1)C(=O)N1CCC[C@H]1C(=O)N[C@@H](C)C(=O)N2. The largest absolute Gasteiger partial charge is 0.481 e. The van der Waals surface area contributed by atoms with Gasteiger partial charge in [-0.05, 0) is 70.1 Å². The Bertz CT molecular complexity index is 3790. The number of amides is 16. The lowest BCUT2D eigenvalue weighted by atomic mass is 10.0. The molecule has 642 valence electrons. The standard InChI is InChI=1S/C69H105N21O22S4/c1-33(2)19-40-59(102)85-45(55(71)98)27-113-115-30-48-64(107)83-43(25-91)60(103)82-42(21-37-24-73-32-75-37)69(112)89-17-9-12-49(89)65(108)76-35(5)56(99)86-47(29-116-114-28-46(62(105)87-48)77-51(93)22-70)63(106)84-44(26-92)61(104)88-54(34(3)4)67(110)79-38(11-7-6-8-14-52(94)95)57(100)81-41(20-36-23-72-31-74-36)68(111)90-18-10-13-50(90)66(109)78-39(58(101)80-40)15-16-53(96)97/h23-24,31-35,38-50,54,91-92H,6-22,25-30,70H2,1-5H3,(H2,71,98)(H,72,74)(H,73,75)(H,76,108)(H,77,93)(H,78,109)(H,79,110)(H,80,101)(H,81,100)(H,82,103)(H,83,107)(H,84,106)(H,85,102)(H,86,99)(H,87,105)(H,88,104)(H,94,95)(H,96,97)/t35-,38-,39-,40-,41-,42-,43-,44-,45-,46-,47-,48-,49-,50-,54-/m0/s1. The third kappa shape index (κ3) is 29.7. The molecule has 4 fully saturated rings. The highest BCUT2D eigenvalue weighted by molar-refractivity contribution is 8.77. The summed E-state index contributed by atoms with van der Waals surface area (Å²) < 4.78 is 0. The van der Waals surface area contributed by atoms with Crippen molar-refractivity contribution in [3.8, 4) is 0 Å². The van der Waals surface area contributed by atoms with Crippen molar-refractivity contribution < 1.29 is 107 Å². The second-order valence-corrected chi connectivity index (χ2v) is 33.9. The number of aliphatic hydroxyl groups excluding tert-OH is 2. The number of carbonyl (C=O) groups is 18. The summed E-state index contributed by atoms with van der Waals surface area (Å²) in [5, 5.41) is 73.5. The summed E-state index contributed by atoms with van der Waals surface area (Å²) in [6.45, 7) is 4.52. The molecule has 23 N–H and O–H groups in total. The van der Waals surface area contributed by atoms with Crippen molar-refractivity contribution in [2.24, 2.45) is 23.3 Å². The molecule has 0 saturated carbocycles. The maximum absolute atomic E-state index is 15.0. The number of unbranched alkanes of at least 4 members (excludes halogenated alkanes) is 2. The molecule has 2 aromatic heterocycles. The number of aliphatic hydroxyl groups is 2. The minimum Gasteiger partial charge on any atom is -0.481 e. The number of imidazole rings is 2. The van der Waals surface area contributed by atoms with Gasteiger partial charge in [-0.3, -0.25) is 86.3 Å². The smallest absolute Gasteiger partial charge is 0.303 e. The van der Waals surface area contributed by atoms with Crippen molar-refractivity contribution in [2.45, 2.75) is 215 Å². The molecule has 47 heteroatoms. The summed E-state index contributed by atoms with van der Waals surface area (Å²) >= 11 is 0. The van der Waals surface area contributed by atoms with E-state index in [0.29, 0.717) is 11.4 Å². The van der Waals surface area contributed by atoms with Gasteiger partial charge in [0.1, 0.15) is 90.6 Å². The fourth-order valence-electron chi connectivity index (χ4n) is 12.7. The molecular formula is C69H105N21O22S4. The molecule has 4 aliphatic rings. The van der Waals surface area contributed by atoms with Crippen molar-refractivity contribution in [1.29, 1.82) is 0 Å². The number of rotatable bonds is 21. The number of H-pyrrole nitrogens is 2. The van der Waals surface area contributed by atoms with Gasteiger partial charge in [-0.1, -0.05) is 83.7 Å². The number of nitrogens with zero attached hydrogens (tertiary/aromatic N) is 4. The number of aromatic amines is 2. The van der Waals surface area contributed by atoms with E-state index in [-0.39, 0.29) is 96.1 Å². The Morgan fingerprint density at radius 2 is 0.948 bits per heavy atom. The number of carboxylic acid groups (broad SMARTS) is 2. The third-order valence-corrected chi connectivity index (χ3v) is 23.8. The van der Waals surface area contributed by atoms with E-state index in [1.165, 1.54) is 45.8 Å². The number of primary amides is 1. The van der Waals surface area contributed by atoms with Crippen LogP contribution in [0.1, 0.15) is 123 Å². The Morgan fingerprint density at radius 3 is 1.43 bits per heavy atom. The van der Waals surface area contributed by atoms with E-state index in [9.17, 15) is 102 Å². The van der Waals surface area contributed by atoms with E-state index in [1.54, 1.807) is 13.8 Å². The van der Waals surface area contributed by atoms with Gasteiger partial charge in [0, 0.05) is 85.6 Å². The molecule has 43 nitrogen and oxygen atoms in total. The van der Waals surface area contributed by atoms with Crippen molar-refractivity contribution in [1.82, 2.24) is 98.9 Å². The molecule has 0 radical (unpaired) electrons. The van der Waals surface area contributed by atoms with Gasteiger partial charge in [0.15, 0.2) is 0 Å². The molecule has 16 amide bonds. The molecule has 116 heavy (non-hydrogen) atoms. The van der Waals surface area contributed by atoms with Crippen LogP contribution in [0.25, 0.3) is 0 Å². The zero-order chi connectivity index (χ0) is 85.5. The summed E-state index contributed by atoms with van der Waals surface area (Å²) in [5.74, 6) is -21.8.